The molecule has 2 N–H and O–H groups in total. The molecule has 16 heavy (non-hydrogen) atoms. The predicted octanol–water partition coefficient (Wildman–Crippen LogP) is 2.72. The molecular weight excluding hydrogens is 219 g/mol. The van der Waals surface area contributed by atoms with E-state index in [-0.39, 0.29) is 18.4 Å². The highest BCUT2D eigenvalue weighted by Crippen LogP contribution is 2.22. The summed E-state index contributed by atoms with van der Waals surface area (Å²) in [7, 11) is 0. The van der Waals surface area contributed by atoms with Gasteiger partial charge in [0.25, 0.3) is 0 Å². The summed E-state index contributed by atoms with van der Waals surface area (Å²) in [6.45, 7) is 5.26. The summed E-state index contributed by atoms with van der Waals surface area (Å²) >= 11 is 0. The van der Waals surface area contributed by atoms with Crippen molar-refractivity contribution in [2.45, 2.75) is 45.7 Å². The number of aliphatic hydroxyl groups is 1. The van der Waals surface area contributed by atoms with Gasteiger partial charge in [-0.25, -0.2) is 0 Å². The molecule has 0 fully saturated rings. The Morgan fingerprint density at radius 1 is 1.19 bits per heavy atom. The van der Waals surface area contributed by atoms with Crippen molar-refractivity contribution in [3.63, 3.8) is 0 Å². The Labute approximate surface area is 95.2 Å². The van der Waals surface area contributed by atoms with Gasteiger partial charge in [0, 0.05) is 25.0 Å². The molecule has 0 spiro atoms. The van der Waals surface area contributed by atoms with E-state index in [1.165, 1.54) is 0 Å². The summed E-state index contributed by atoms with van der Waals surface area (Å²) in [6, 6.07) is 0. The van der Waals surface area contributed by atoms with Crippen LogP contribution >= 0.6 is 0 Å². The zero-order valence-electron chi connectivity index (χ0n) is 10.0. The molecule has 2 nitrogen and oxygen atoms in total. The Hall–Kier alpha value is -0.290. The fraction of sp³-hybridized carbons (Fsp3) is 1.00. The first-order chi connectivity index (χ1) is 7.33. The van der Waals surface area contributed by atoms with Crippen LogP contribution in [0.3, 0.4) is 0 Å². The van der Waals surface area contributed by atoms with Crippen molar-refractivity contribution in [1.82, 2.24) is 5.32 Å². The molecule has 0 aromatic heterocycles. The Bertz CT molecular complexity index is 179. The molecule has 5 heteroatoms. The van der Waals surface area contributed by atoms with Gasteiger partial charge < -0.3 is 10.4 Å². The molecule has 0 radical (unpaired) electrons. The van der Waals surface area contributed by atoms with Crippen LogP contribution in [0.5, 0.6) is 0 Å². The molecule has 0 saturated heterocycles. The third-order valence-electron chi connectivity index (χ3n) is 2.85. The number of halogens is 3. The molecular formula is C11H22F3NO. The fourth-order valence-electron chi connectivity index (χ4n) is 1.26. The summed E-state index contributed by atoms with van der Waals surface area (Å²) < 4.78 is 35.4. The highest BCUT2D eigenvalue weighted by molar-refractivity contribution is 4.74. The van der Waals surface area contributed by atoms with Gasteiger partial charge in [0.15, 0.2) is 0 Å². The van der Waals surface area contributed by atoms with Crippen LogP contribution in [0.25, 0.3) is 0 Å². The van der Waals surface area contributed by atoms with Gasteiger partial charge in [0.2, 0.25) is 0 Å². The second kappa shape index (κ2) is 7.12. The molecule has 0 aliphatic rings. The molecule has 0 rings (SSSR count). The van der Waals surface area contributed by atoms with Gasteiger partial charge in [-0.2, -0.15) is 13.2 Å². The molecule has 0 aliphatic heterocycles. The smallest absolute Gasteiger partial charge is 0.389 e. The summed E-state index contributed by atoms with van der Waals surface area (Å²) in [4.78, 5) is 0. The lowest BCUT2D eigenvalue weighted by Crippen LogP contribution is -2.34. The predicted molar refractivity (Wildman–Crippen MR) is 58.3 cm³/mol. The lowest BCUT2D eigenvalue weighted by molar-refractivity contribution is -0.135. The number of hydrogen-bond donors (Lipinski definition) is 2. The van der Waals surface area contributed by atoms with Gasteiger partial charge in [0.1, 0.15) is 0 Å². The second-order valence-corrected chi connectivity index (χ2v) is 4.57. The first-order valence-electron chi connectivity index (χ1n) is 5.71. The zero-order chi connectivity index (χ0) is 12.7. The number of aliphatic hydroxyl groups excluding tert-OH is 1. The van der Waals surface area contributed by atoms with Gasteiger partial charge >= 0.3 is 6.18 Å². The van der Waals surface area contributed by atoms with E-state index in [0.717, 1.165) is 6.42 Å². The standard InChI is InChI=1S/C11H22F3NO/c1-3-10(2,9-16)8-15-7-5-4-6-11(12,13)14/h15-16H,3-9H2,1-2H3. The van der Waals surface area contributed by atoms with Crippen LogP contribution in [0.15, 0.2) is 0 Å². The minimum absolute atomic E-state index is 0.0963. The maximum atomic E-state index is 11.8. The average molecular weight is 241 g/mol. The topological polar surface area (TPSA) is 32.3 Å². The fourth-order valence-corrected chi connectivity index (χ4v) is 1.26. The molecule has 1 atom stereocenters. The maximum Gasteiger partial charge on any atom is 0.389 e. The largest absolute Gasteiger partial charge is 0.396 e. The number of rotatable bonds is 8. The molecule has 0 bridgehead atoms. The van der Waals surface area contributed by atoms with Crippen LogP contribution in [-0.2, 0) is 0 Å². The van der Waals surface area contributed by atoms with Crippen molar-refractivity contribution in [1.29, 1.82) is 0 Å². The van der Waals surface area contributed by atoms with Crippen molar-refractivity contribution in [2.75, 3.05) is 19.7 Å². The van der Waals surface area contributed by atoms with E-state index in [1.54, 1.807) is 0 Å². The highest BCUT2D eigenvalue weighted by atomic mass is 19.4. The van der Waals surface area contributed by atoms with Crippen LogP contribution in [-0.4, -0.2) is 31.0 Å². The van der Waals surface area contributed by atoms with E-state index >= 15 is 0 Å². The number of nitrogens with one attached hydrogen (secondary N) is 1. The van der Waals surface area contributed by atoms with Gasteiger partial charge in [-0.1, -0.05) is 13.8 Å². The van der Waals surface area contributed by atoms with E-state index in [4.69, 9.17) is 5.11 Å². The van der Waals surface area contributed by atoms with Crippen molar-refractivity contribution >= 4 is 0 Å². The Morgan fingerprint density at radius 3 is 2.25 bits per heavy atom. The Kier molecular flexibility index (Phi) is 6.99. The Balaban J connectivity index is 3.47. The molecule has 0 amide bonds. The third-order valence-corrected chi connectivity index (χ3v) is 2.85. The monoisotopic (exact) mass is 241 g/mol. The van der Waals surface area contributed by atoms with Gasteiger partial charge in [0.05, 0.1) is 0 Å². The molecule has 0 aliphatic carbocycles. The summed E-state index contributed by atoms with van der Waals surface area (Å²) in [5.41, 5.74) is -0.163. The molecule has 0 heterocycles. The quantitative estimate of drug-likeness (QED) is 0.640. The Morgan fingerprint density at radius 2 is 1.81 bits per heavy atom. The first-order valence-corrected chi connectivity index (χ1v) is 5.71. The first kappa shape index (κ1) is 15.7. The minimum atomic E-state index is -4.04. The summed E-state index contributed by atoms with van der Waals surface area (Å²) in [6.07, 6.45) is -3.22. The summed E-state index contributed by atoms with van der Waals surface area (Å²) in [5, 5.41) is 12.2. The van der Waals surface area contributed by atoms with E-state index in [1.807, 2.05) is 13.8 Å². The van der Waals surface area contributed by atoms with Crippen LogP contribution in [0.2, 0.25) is 0 Å². The van der Waals surface area contributed by atoms with Crippen LogP contribution in [0.4, 0.5) is 13.2 Å². The van der Waals surface area contributed by atoms with Crippen LogP contribution in [0, 0.1) is 5.41 Å². The second-order valence-electron chi connectivity index (χ2n) is 4.57. The van der Waals surface area contributed by atoms with E-state index in [9.17, 15) is 13.2 Å². The average Bonchev–Trinajstić information content (AvgIpc) is 2.21. The molecule has 0 aromatic rings. The number of unbranched alkanes of at least 4 members (excludes halogenated alkanes) is 1. The van der Waals surface area contributed by atoms with E-state index in [0.29, 0.717) is 19.5 Å². The molecule has 0 saturated carbocycles. The molecule has 1 unspecified atom stereocenters. The number of alkyl halides is 3. The lowest BCUT2D eigenvalue weighted by Gasteiger charge is -2.25. The van der Waals surface area contributed by atoms with Crippen LogP contribution < -0.4 is 5.32 Å². The molecule has 98 valence electrons. The highest BCUT2D eigenvalue weighted by Gasteiger charge is 2.25. The van der Waals surface area contributed by atoms with Crippen molar-refractivity contribution in [2.24, 2.45) is 5.41 Å². The zero-order valence-corrected chi connectivity index (χ0v) is 10.0. The van der Waals surface area contributed by atoms with E-state index in [2.05, 4.69) is 5.32 Å². The summed E-state index contributed by atoms with van der Waals surface area (Å²) in [5.74, 6) is 0. The lowest BCUT2D eigenvalue weighted by atomic mass is 9.88. The van der Waals surface area contributed by atoms with Crippen molar-refractivity contribution < 1.29 is 18.3 Å². The third kappa shape index (κ3) is 7.93. The van der Waals surface area contributed by atoms with Crippen molar-refractivity contribution in [3.05, 3.63) is 0 Å². The molecule has 0 aromatic carbocycles. The van der Waals surface area contributed by atoms with Crippen LogP contribution in [0.1, 0.15) is 39.5 Å². The van der Waals surface area contributed by atoms with Gasteiger partial charge in [-0.15, -0.1) is 0 Å². The van der Waals surface area contributed by atoms with Gasteiger partial charge in [-0.05, 0) is 25.8 Å². The van der Waals surface area contributed by atoms with Crippen molar-refractivity contribution in [3.8, 4) is 0 Å². The minimum Gasteiger partial charge on any atom is -0.396 e. The van der Waals surface area contributed by atoms with E-state index < -0.39 is 12.6 Å². The maximum absolute atomic E-state index is 11.8. The number of hydrogen-bond acceptors (Lipinski definition) is 2. The SMILES string of the molecule is CCC(C)(CO)CNCCCCC(F)(F)F. The van der Waals surface area contributed by atoms with Gasteiger partial charge in [-0.3, -0.25) is 0 Å². The normalized spacial score (nSPS) is 16.1.